The molecule has 8 heteroatoms. The van der Waals surface area contributed by atoms with Crippen molar-refractivity contribution in [3.63, 3.8) is 0 Å². The third kappa shape index (κ3) is 3.59. The van der Waals surface area contributed by atoms with Crippen molar-refractivity contribution in [1.29, 1.82) is 5.26 Å². The van der Waals surface area contributed by atoms with E-state index in [1.807, 2.05) is 25.1 Å². The first kappa shape index (κ1) is 18.1. The van der Waals surface area contributed by atoms with E-state index in [0.29, 0.717) is 22.7 Å². The summed E-state index contributed by atoms with van der Waals surface area (Å²) in [6.45, 7) is 3.96. The Morgan fingerprint density at radius 3 is 2.81 bits per heavy atom. The molecule has 0 unspecified atom stereocenters. The zero-order valence-corrected chi connectivity index (χ0v) is 15.9. The van der Waals surface area contributed by atoms with Crippen LogP contribution in [0, 0.1) is 18.3 Å². The number of anilines is 1. The smallest absolute Gasteiger partial charge is 0.131 e. The lowest BCUT2D eigenvalue weighted by molar-refractivity contribution is 0.170. The van der Waals surface area contributed by atoms with Crippen LogP contribution in [0.5, 0.6) is 5.75 Å². The molecular weight excluding hydrogens is 364 g/mol. The molecule has 1 aromatic heterocycles. The fourth-order valence-corrected chi connectivity index (χ4v) is 4.85. The molecule has 2 aliphatic rings. The van der Waals surface area contributed by atoms with Gasteiger partial charge in [-0.1, -0.05) is 6.07 Å². The topological polar surface area (TPSA) is 102 Å². The summed E-state index contributed by atoms with van der Waals surface area (Å²) in [6, 6.07) is 11.2. The summed E-state index contributed by atoms with van der Waals surface area (Å²) in [6.07, 6.45) is 1.84. The predicted octanol–water partition coefficient (Wildman–Crippen LogP) is 3.44. The van der Waals surface area contributed by atoms with Gasteiger partial charge >= 0.3 is 0 Å². The highest BCUT2D eigenvalue weighted by molar-refractivity contribution is 8.22. The molecule has 3 heterocycles. The Labute approximate surface area is 160 Å². The minimum Gasteiger partial charge on any atom is -0.490 e. The van der Waals surface area contributed by atoms with Crippen LogP contribution in [-0.4, -0.2) is 33.3 Å². The Kier molecular flexibility index (Phi) is 4.70. The summed E-state index contributed by atoms with van der Waals surface area (Å²) in [7, 11) is -2.90. The van der Waals surface area contributed by atoms with Crippen LogP contribution in [0.2, 0.25) is 0 Å². The summed E-state index contributed by atoms with van der Waals surface area (Å²) < 4.78 is 28.8. The normalized spacial score (nSPS) is 20.0. The number of hydrogen-bond donors (Lipinski definition) is 3. The number of rotatable bonds is 3. The first-order valence-electron chi connectivity index (χ1n) is 8.91. The molecule has 7 nitrogen and oxygen atoms in total. The van der Waals surface area contributed by atoms with E-state index in [0.717, 1.165) is 43.1 Å². The molecule has 0 radical (unpaired) electrons. The number of nitrogens with one attached hydrogen (secondary N) is 1. The molecule has 0 spiro atoms. The standard InChI is InChI=1S/C19H22N4O3S/c1-13-9-18-17(12-21-27(18,24)25)22-19(13)23-7-5-15(6-8-23)26-16-4-2-3-14(10-16)11-20/h2-4,9-10,15,21,24-25H,5-8,12H2,1H3. The number of pyridine rings is 1. The quantitative estimate of drug-likeness (QED) is 0.743. The molecule has 0 atom stereocenters. The Morgan fingerprint density at radius 1 is 1.30 bits per heavy atom. The van der Waals surface area contributed by atoms with Gasteiger partial charge in [-0.15, -0.1) is 10.8 Å². The molecule has 0 aliphatic carbocycles. The Hall–Kier alpha value is -2.31. The van der Waals surface area contributed by atoms with E-state index in [-0.39, 0.29) is 6.10 Å². The van der Waals surface area contributed by atoms with E-state index in [2.05, 4.69) is 15.7 Å². The van der Waals surface area contributed by atoms with Crippen LogP contribution in [0.15, 0.2) is 35.2 Å². The van der Waals surface area contributed by atoms with Crippen LogP contribution in [0.1, 0.15) is 29.7 Å². The second-order valence-electron chi connectivity index (χ2n) is 6.89. The predicted molar refractivity (Wildman–Crippen MR) is 104 cm³/mol. The molecule has 1 saturated heterocycles. The van der Waals surface area contributed by atoms with E-state index in [4.69, 9.17) is 15.0 Å². The van der Waals surface area contributed by atoms with Crippen molar-refractivity contribution in [2.24, 2.45) is 0 Å². The fourth-order valence-electron chi connectivity index (χ4n) is 3.57. The number of hydrogen-bond acceptors (Lipinski definition) is 7. The molecule has 0 saturated carbocycles. The number of aromatic nitrogens is 1. The number of ether oxygens (including phenoxy) is 1. The van der Waals surface area contributed by atoms with Gasteiger partial charge in [0.15, 0.2) is 0 Å². The third-order valence-electron chi connectivity index (χ3n) is 4.98. The fraction of sp³-hybridized carbons (Fsp3) is 0.368. The lowest BCUT2D eigenvalue weighted by Gasteiger charge is -2.34. The minimum atomic E-state index is -2.90. The largest absolute Gasteiger partial charge is 0.490 e. The van der Waals surface area contributed by atoms with Crippen molar-refractivity contribution in [3.8, 4) is 11.8 Å². The summed E-state index contributed by atoms with van der Waals surface area (Å²) >= 11 is 0. The lowest BCUT2D eigenvalue weighted by atomic mass is 10.1. The van der Waals surface area contributed by atoms with E-state index in [9.17, 15) is 9.11 Å². The molecule has 27 heavy (non-hydrogen) atoms. The van der Waals surface area contributed by atoms with Gasteiger partial charge in [0, 0.05) is 25.9 Å². The number of benzene rings is 1. The van der Waals surface area contributed by atoms with Crippen molar-refractivity contribution in [2.45, 2.75) is 37.3 Å². The zero-order valence-electron chi connectivity index (χ0n) is 15.1. The number of nitrogens with zero attached hydrogens (tertiary/aromatic N) is 3. The molecule has 2 aromatic rings. The lowest BCUT2D eigenvalue weighted by Crippen LogP contribution is -2.39. The van der Waals surface area contributed by atoms with Gasteiger partial charge in [0.25, 0.3) is 0 Å². The van der Waals surface area contributed by atoms with Gasteiger partial charge < -0.3 is 9.64 Å². The van der Waals surface area contributed by atoms with Gasteiger partial charge in [-0.05, 0) is 36.8 Å². The Balaban J connectivity index is 1.43. The number of aryl methyl sites for hydroxylation is 1. The van der Waals surface area contributed by atoms with E-state index in [1.165, 1.54) is 0 Å². The Bertz CT molecular complexity index is 904. The summed E-state index contributed by atoms with van der Waals surface area (Å²) in [5.41, 5.74) is 2.25. The SMILES string of the molecule is Cc1cc2c(nc1N1CCC(Oc3cccc(C#N)c3)CC1)CNS2(O)O. The summed E-state index contributed by atoms with van der Waals surface area (Å²) in [4.78, 5) is 7.43. The van der Waals surface area contributed by atoms with E-state index < -0.39 is 10.8 Å². The van der Waals surface area contributed by atoms with Crippen molar-refractivity contribution in [3.05, 3.63) is 47.2 Å². The molecule has 4 rings (SSSR count). The van der Waals surface area contributed by atoms with Crippen molar-refractivity contribution in [2.75, 3.05) is 18.0 Å². The molecule has 1 fully saturated rings. The monoisotopic (exact) mass is 386 g/mol. The van der Waals surface area contributed by atoms with Gasteiger partial charge in [0.1, 0.15) is 17.7 Å². The number of nitriles is 1. The first-order valence-corrected chi connectivity index (χ1v) is 10.5. The van der Waals surface area contributed by atoms with Crippen LogP contribution < -0.4 is 14.4 Å². The third-order valence-corrected chi connectivity index (χ3v) is 6.49. The van der Waals surface area contributed by atoms with Crippen molar-refractivity contribution < 1.29 is 13.8 Å². The minimum absolute atomic E-state index is 0.110. The van der Waals surface area contributed by atoms with Crippen LogP contribution in [0.4, 0.5) is 5.82 Å². The molecule has 0 bridgehead atoms. The van der Waals surface area contributed by atoms with Crippen LogP contribution in [-0.2, 0) is 6.54 Å². The summed E-state index contributed by atoms with van der Waals surface area (Å²) in [5, 5.41) is 9.00. The van der Waals surface area contributed by atoms with Crippen LogP contribution >= 0.6 is 10.8 Å². The number of piperidine rings is 1. The van der Waals surface area contributed by atoms with Gasteiger partial charge in [0.05, 0.1) is 28.8 Å². The van der Waals surface area contributed by atoms with E-state index >= 15 is 0 Å². The average molecular weight is 386 g/mol. The highest BCUT2D eigenvalue weighted by Crippen LogP contribution is 2.51. The summed E-state index contributed by atoms with van der Waals surface area (Å²) in [5.74, 6) is 1.63. The zero-order chi connectivity index (χ0) is 19.0. The van der Waals surface area contributed by atoms with Gasteiger partial charge in [-0.3, -0.25) is 9.11 Å². The molecule has 2 aliphatic heterocycles. The van der Waals surface area contributed by atoms with Gasteiger partial charge in [0.2, 0.25) is 0 Å². The molecule has 3 N–H and O–H groups in total. The molecule has 142 valence electrons. The maximum atomic E-state index is 10.0. The second-order valence-corrected chi connectivity index (χ2v) is 8.71. The molecule has 0 amide bonds. The maximum Gasteiger partial charge on any atom is 0.131 e. The average Bonchev–Trinajstić information content (AvgIpc) is 2.96. The molecular formula is C19H22N4O3S. The highest BCUT2D eigenvalue weighted by Gasteiger charge is 2.30. The van der Waals surface area contributed by atoms with Gasteiger partial charge in [-0.25, -0.2) is 9.71 Å². The Morgan fingerprint density at radius 2 is 2.07 bits per heavy atom. The van der Waals surface area contributed by atoms with Crippen molar-refractivity contribution >= 4 is 16.6 Å². The van der Waals surface area contributed by atoms with Crippen LogP contribution in [0.25, 0.3) is 0 Å². The maximum absolute atomic E-state index is 10.0. The van der Waals surface area contributed by atoms with E-state index in [1.54, 1.807) is 12.1 Å². The second kappa shape index (κ2) is 7.02. The number of fused-ring (bicyclic) bond motifs is 1. The highest BCUT2D eigenvalue weighted by atomic mass is 32.3. The van der Waals surface area contributed by atoms with Gasteiger partial charge in [-0.2, -0.15) is 5.26 Å². The van der Waals surface area contributed by atoms with Crippen LogP contribution in [0.3, 0.4) is 0 Å². The first-order chi connectivity index (χ1) is 13.0. The molecule has 1 aromatic carbocycles. The van der Waals surface area contributed by atoms with Crippen molar-refractivity contribution in [1.82, 2.24) is 9.71 Å².